The molecule has 0 aliphatic carbocycles. The van der Waals surface area contributed by atoms with Crippen molar-refractivity contribution in [3.05, 3.63) is 57.8 Å². The number of rotatable bonds is 6. The van der Waals surface area contributed by atoms with Crippen molar-refractivity contribution in [3.63, 3.8) is 0 Å². The Hall–Kier alpha value is -2.11. The standard InChI is InChI=1S/C17H13Cl2FN4O3S2/c1-2-21-29(26,27)11-7-12(14(19)13(18)8-11)15(25)22-17-24-23-16(28-17)9-3-5-10(20)6-4-9/h3-8,21H,2H2,1H3,(H,22,24,25). The molecule has 0 bridgehead atoms. The van der Waals surface area contributed by atoms with Crippen LogP contribution in [0.3, 0.4) is 0 Å². The van der Waals surface area contributed by atoms with Gasteiger partial charge in [0.2, 0.25) is 15.2 Å². The summed E-state index contributed by atoms with van der Waals surface area (Å²) < 4.78 is 39.8. The molecule has 7 nitrogen and oxygen atoms in total. The number of sulfonamides is 1. The summed E-state index contributed by atoms with van der Waals surface area (Å²) in [6.45, 7) is 1.79. The monoisotopic (exact) mass is 474 g/mol. The predicted octanol–water partition coefficient (Wildman–Crippen LogP) is 4.20. The molecule has 29 heavy (non-hydrogen) atoms. The summed E-state index contributed by atoms with van der Waals surface area (Å²) in [7, 11) is -3.84. The number of amides is 1. The Bertz CT molecular complexity index is 1170. The summed E-state index contributed by atoms with van der Waals surface area (Å²) in [5.41, 5.74) is 0.499. The maximum atomic E-state index is 13.0. The molecule has 152 valence electrons. The Labute approximate surface area is 179 Å². The molecule has 3 aromatic rings. The zero-order valence-electron chi connectivity index (χ0n) is 14.7. The molecular weight excluding hydrogens is 462 g/mol. The average molecular weight is 475 g/mol. The lowest BCUT2D eigenvalue weighted by Gasteiger charge is -2.10. The van der Waals surface area contributed by atoms with E-state index in [9.17, 15) is 17.6 Å². The van der Waals surface area contributed by atoms with Crippen molar-refractivity contribution in [1.82, 2.24) is 14.9 Å². The zero-order valence-corrected chi connectivity index (χ0v) is 17.9. The third-order valence-corrected chi connectivity index (χ3v) is 6.84. The molecule has 0 saturated heterocycles. The zero-order chi connectivity index (χ0) is 21.2. The van der Waals surface area contributed by atoms with Crippen LogP contribution in [0.5, 0.6) is 0 Å². The third-order valence-electron chi connectivity index (χ3n) is 3.63. The first-order chi connectivity index (χ1) is 13.7. The molecule has 1 amide bonds. The van der Waals surface area contributed by atoms with Gasteiger partial charge < -0.3 is 0 Å². The summed E-state index contributed by atoms with van der Waals surface area (Å²) in [6.07, 6.45) is 0. The first-order valence-electron chi connectivity index (χ1n) is 8.10. The van der Waals surface area contributed by atoms with Crippen LogP contribution < -0.4 is 10.0 Å². The number of aromatic nitrogens is 2. The summed E-state index contributed by atoms with van der Waals surface area (Å²) in [6, 6.07) is 7.93. The second-order valence-corrected chi connectivity index (χ2v) is 9.17. The van der Waals surface area contributed by atoms with Crippen LogP contribution in [0.4, 0.5) is 9.52 Å². The molecule has 0 aliphatic heterocycles. The van der Waals surface area contributed by atoms with Gasteiger partial charge in [-0.3, -0.25) is 10.1 Å². The molecule has 0 aliphatic rings. The molecule has 0 fully saturated rings. The van der Waals surface area contributed by atoms with Crippen LogP contribution in [0.25, 0.3) is 10.6 Å². The van der Waals surface area contributed by atoms with Crippen molar-refractivity contribution in [2.45, 2.75) is 11.8 Å². The van der Waals surface area contributed by atoms with Crippen LogP contribution in [0, 0.1) is 5.82 Å². The van der Waals surface area contributed by atoms with Gasteiger partial charge in [-0.1, -0.05) is 41.5 Å². The number of hydrogen-bond donors (Lipinski definition) is 2. The van der Waals surface area contributed by atoms with Gasteiger partial charge in [-0.15, -0.1) is 10.2 Å². The second kappa shape index (κ2) is 8.72. The van der Waals surface area contributed by atoms with Gasteiger partial charge >= 0.3 is 0 Å². The molecule has 0 radical (unpaired) electrons. The lowest BCUT2D eigenvalue weighted by Crippen LogP contribution is -2.24. The van der Waals surface area contributed by atoms with E-state index < -0.39 is 15.9 Å². The summed E-state index contributed by atoms with van der Waals surface area (Å²) >= 11 is 13.2. The average Bonchev–Trinajstić information content (AvgIpc) is 3.12. The molecular formula is C17H13Cl2FN4O3S2. The van der Waals surface area contributed by atoms with Crippen LogP contribution in [0.15, 0.2) is 41.3 Å². The highest BCUT2D eigenvalue weighted by Gasteiger charge is 2.22. The Morgan fingerprint density at radius 3 is 2.52 bits per heavy atom. The van der Waals surface area contributed by atoms with Crippen molar-refractivity contribution in [2.24, 2.45) is 0 Å². The quantitative estimate of drug-likeness (QED) is 0.557. The van der Waals surface area contributed by atoms with Gasteiger partial charge in [0.15, 0.2) is 0 Å². The lowest BCUT2D eigenvalue weighted by atomic mass is 10.2. The van der Waals surface area contributed by atoms with Gasteiger partial charge in [-0.2, -0.15) is 0 Å². The highest BCUT2D eigenvalue weighted by atomic mass is 35.5. The van der Waals surface area contributed by atoms with Crippen molar-refractivity contribution in [1.29, 1.82) is 0 Å². The minimum absolute atomic E-state index is 0.0833. The van der Waals surface area contributed by atoms with Gasteiger partial charge in [-0.05, 0) is 36.4 Å². The van der Waals surface area contributed by atoms with E-state index >= 15 is 0 Å². The Balaban J connectivity index is 1.88. The van der Waals surface area contributed by atoms with Crippen LogP contribution in [-0.4, -0.2) is 31.1 Å². The fourth-order valence-electron chi connectivity index (χ4n) is 2.31. The van der Waals surface area contributed by atoms with Crippen LogP contribution >= 0.6 is 34.5 Å². The van der Waals surface area contributed by atoms with E-state index in [4.69, 9.17) is 23.2 Å². The van der Waals surface area contributed by atoms with Gasteiger partial charge in [0, 0.05) is 12.1 Å². The minimum atomic E-state index is -3.84. The van der Waals surface area contributed by atoms with Crippen molar-refractivity contribution in [2.75, 3.05) is 11.9 Å². The number of carbonyl (C=O) groups is 1. The van der Waals surface area contributed by atoms with Crippen LogP contribution in [0.1, 0.15) is 17.3 Å². The number of hydrogen-bond acceptors (Lipinski definition) is 6. The molecule has 2 N–H and O–H groups in total. The van der Waals surface area contributed by atoms with Gasteiger partial charge in [0.05, 0.1) is 20.5 Å². The van der Waals surface area contributed by atoms with Crippen LogP contribution in [-0.2, 0) is 10.0 Å². The lowest BCUT2D eigenvalue weighted by molar-refractivity contribution is 0.102. The second-order valence-electron chi connectivity index (χ2n) is 5.64. The normalized spacial score (nSPS) is 11.4. The highest BCUT2D eigenvalue weighted by molar-refractivity contribution is 7.89. The number of nitrogens with zero attached hydrogens (tertiary/aromatic N) is 2. The maximum Gasteiger partial charge on any atom is 0.259 e. The molecule has 0 spiro atoms. The molecule has 3 rings (SSSR count). The van der Waals surface area contributed by atoms with E-state index in [0.717, 1.165) is 23.5 Å². The van der Waals surface area contributed by atoms with E-state index in [1.807, 2.05) is 0 Å². The fraction of sp³-hybridized carbons (Fsp3) is 0.118. The maximum absolute atomic E-state index is 13.0. The number of anilines is 1. The van der Waals surface area contributed by atoms with Crippen molar-refractivity contribution >= 4 is 55.6 Å². The van der Waals surface area contributed by atoms with E-state index in [1.54, 1.807) is 6.92 Å². The largest absolute Gasteiger partial charge is 0.296 e. The van der Waals surface area contributed by atoms with Crippen molar-refractivity contribution < 1.29 is 17.6 Å². The van der Waals surface area contributed by atoms with Gasteiger partial charge in [0.1, 0.15) is 10.8 Å². The molecule has 2 aromatic carbocycles. The minimum Gasteiger partial charge on any atom is -0.296 e. The molecule has 0 atom stereocenters. The SMILES string of the molecule is CCNS(=O)(=O)c1cc(Cl)c(Cl)c(C(=O)Nc2nnc(-c3ccc(F)cc3)s2)c1. The third kappa shape index (κ3) is 4.90. The fourth-order valence-corrected chi connectivity index (χ4v) is 4.62. The Kier molecular flexibility index (Phi) is 6.49. The summed E-state index contributed by atoms with van der Waals surface area (Å²) in [4.78, 5) is 12.4. The van der Waals surface area contributed by atoms with Crippen molar-refractivity contribution in [3.8, 4) is 10.6 Å². The molecule has 1 aromatic heterocycles. The smallest absolute Gasteiger partial charge is 0.259 e. The van der Waals surface area contributed by atoms with Crippen LogP contribution in [0.2, 0.25) is 10.0 Å². The number of carbonyl (C=O) groups excluding carboxylic acids is 1. The van der Waals surface area contributed by atoms with Gasteiger partial charge in [-0.25, -0.2) is 17.5 Å². The summed E-state index contributed by atoms with van der Waals surface area (Å²) in [5, 5.41) is 10.8. The Morgan fingerprint density at radius 1 is 1.17 bits per heavy atom. The van der Waals surface area contributed by atoms with E-state index in [1.165, 1.54) is 24.3 Å². The number of halogens is 3. The first kappa shape index (κ1) is 21.6. The summed E-state index contributed by atoms with van der Waals surface area (Å²) in [5.74, 6) is -1.09. The molecule has 1 heterocycles. The Morgan fingerprint density at radius 2 is 1.86 bits per heavy atom. The van der Waals surface area contributed by atoms with E-state index in [-0.39, 0.29) is 38.0 Å². The van der Waals surface area contributed by atoms with Gasteiger partial charge in [0.25, 0.3) is 5.91 Å². The number of benzene rings is 2. The molecule has 0 saturated carbocycles. The predicted molar refractivity (Wildman–Crippen MR) is 111 cm³/mol. The van der Waals surface area contributed by atoms with E-state index in [0.29, 0.717) is 10.6 Å². The number of nitrogens with one attached hydrogen (secondary N) is 2. The van der Waals surface area contributed by atoms with E-state index in [2.05, 4.69) is 20.2 Å². The molecule has 0 unspecified atom stereocenters. The molecule has 12 heteroatoms. The topological polar surface area (TPSA) is 101 Å². The first-order valence-corrected chi connectivity index (χ1v) is 11.2. The highest BCUT2D eigenvalue weighted by Crippen LogP contribution is 2.31.